The van der Waals surface area contributed by atoms with Crippen molar-refractivity contribution in [3.8, 4) is 0 Å². The number of carbonyl (C=O) groups excluding carboxylic acids is 2. The van der Waals surface area contributed by atoms with Crippen molar-refractivity contribution >= 4 is 28.2 Å². The number of aromatic nitrogens is 2. The Morgan fingerprint density at radius 2 is 2.15 bits per heavy atom. The van der Waals surface area contributed by atoms with Gasteiger partial charge in [-0.3, -0.25) is 14.3 Å². The van der Waals surface area contributed by atoms with Crippen LogP contribution in [0.4, 0.5) is 5.00 Å². The van der Waals surface area contributed by atoms with Crippen LogP contribution in [0.3, 0.4) is 0 Å². The molecule has 2 heterocycles. The van der Waals surface area contributed by atoms with Crippen molar-refractivity contribution in [3.05, 3.63) is 34.5 Å². The zero-order valence-corrected chi connectivity index (χ0v) is 12.4. The standard InChI is InChI=1S/C13H16N4O2S/c1-4-17-8(2)7-10(16-17)12(19)15-13-9(5-6-20-13)11(18)14-3/h5-7H,4H2,1-3H3,(H,14,18)(H,15,19). The summed E-state index contributed by atoms with van der Waals surface area (Å²) in [6.45, 7) is 4.57. The molecule has 0 aromatic carbocycles. The second-order valence-corrected chi connectivity index (χ2v) is 5.10. The van der Waals surface area contributed by atoms with Gasteiger partial charge >= 0.3 is 0 Å². The van der Waals surface area contributed by atoms with Crippen molar-refractivity contribution in [1.82, 2.24) is 15.1 Å². The van der Waals surface area contributed by atoms with Crippen molar-refractivity contribution in [2.45, 2.75) is 20.4 Å². The van der Waals surface area contributed by atoms with Crippen LogP contribution in [0.15, 0.2) is 17.5 Å². The summed E-state index contributed by atoms with van der Waals surface area (Å²) in [7, 11) is 1.55. The molecule has 0 aliphatic rings. The highest BCUT2D eigenvalue weighted by Gasteiger charge is 2.17. The molecule has 0 radical (unpaired) electrons. The van der Waals surface area contributed by atoms with E-state index in [9.17, 15) is 9.59 Å². The number of nitrogens with zero attached hydrogens (tertiary/aromatic N) is 2. The van der Waals surface area contributed by atoms with Gasteiger partial charge in [0.1, 0.15) is 5.00 Å². The molecular weight excluding hydrogens is 276 g/mol. The van der Waals surface area contributed by atoms with E-state index in [-0.39, 0.29) is 11.8 Å². The molecule has 2 rings (SSSR count). The summed E-state index contributed by atoms with van der Waals surface area (Å²) >= 11 is 1.31. The molecule has 0 fully saturated rings. The van der Waals surface area contributed by atoms with Gasteiger partial charge in [-0.2, -0.15) is 5.10 Å². The fourth-order valence-corrected chi connectivity index (χ4v) is 2.61. The minimum Gasteiger partial charge on any atom is -0.355 e. The first-order valence-electron chi connectivity index (χ1n) is 6.22. The summed E-state index contributed by atoms with van der Waals surface area (Å²) in [5, 5.41) is 11.8. The normalized spacial score (nSPS) is 10.3. The maximum atomic E-state index is 12.1. The Labute approximate surface area is 120 Å². The van der Waals surface area contributed by atoms with Crippen LogP contribution < -0.4 is 10.6 Å². The predicted octanol–water partition coefficient (Wildman–Crippen LogP) is 1.88. The van der Waals surface area contributed by atoms with E-state index in [4.69, 9.17) is 0 Å². The first-order chi connectivity index (χ1) is 9.56. The SMILES string of the molecule is CCn1nc(C(=O)Nc2sccc2C(=O)NC)cc1C. The Morgan fingerprint density at radius 1 is 1.40 bits per heavy atom. The lowest BCUT2D eigenvalue weighted by Crippen LogP contribution is -2.20. The largest absolute Gasteiger partial charge is 0.355 e. The van der Waals surface area contributed by atoms with Gasteiger partial charge in [0, 0.05) is 19.3 Å². The third-order valence-corrected chi connectivity index (χ3v) is 3.71. The lowest BCUT2D eigenvalue weighted by molar-refractivity contribution is 0.0964. The Bertz CT molecular complexity index is 645. The second kappa shape index (κ2) is 5.87. The second-order valence-electron chi connectivity index (χ2n) is 4.18. The molecule has 0 saturated carbocycles. The van der Waals surface area contributed by atoms with Crippen LogP contribution in [0.1, 0.15) is 33.5 Å². The molecule has 0 aliphatic heterocycles. The van der Waals surface area contributed by atoms with E-state index in [2.05, 4.69) is 15.7 Å². The minimum absolute atomic E-state index is 0.225. The van der Waals surface area contributed by atoms with Crippen LogP contribution in [-0.4, -0.2) is 28.6 Å². The van der Waals surface area contributed by atoms with Gasteiger partial charge in [0.05, 0.1) is 5.56 Å². The quantitative estimate of drug-likeness (QED) is 0.903. The molecule has 7 heteroatoms. The highest BCUT2D eigenvalue weighted by Crippen LogP contribution is 2.23. The highest BCUT2D eigenvalue weighted by molar-refractivity contribution is 7.14. The van der Waals surface area contributed by atoms with Crippen LogP contribution in [0.5, 0.6) is 0 Å². The number of nitrogens with one attached hydrogen (secondary N) is 2. The lowest BCUT2D eigenvalue weighted by atomic mass is 10.3. The lowest BCUT2D eigenvalue weighted by Gasteiger charge is -2.03. The van der Waals surface area contributed by atoms with E-state index in [0.29, 0.717) is 22.8 Å². The smallest absolute Gasteiger partial charge is 0.276 e. The molecule has 0 saturated heterocycles. The fraction of sp³-hybridized carbons (Fsp3) is 0.308. The topological polar surface area (TPSA) is 76.0 Å². The van der Waals surface area contributed by atoms with Crippen LogP contribution >= 0.6 is 11.3 Å². The summed E-state index contributed by atoms with van der Waals surface area (Å²) in [4.78, 5) is 23.8. The number of amides is 2. The fourth-order valence-electron chi connectivity index (χ4n) is 1.83. The number of carbonyl (C=O) groups is 2. The third-order valence-electron chi connectivity index (χ3n) is 2.88. The van der Waals surface area contributed by atoms with E-state index in [1.54, 1.807) is 29.2 Å². The van der Waals surface area contributed by atoms with Crippen LogP contribution in [-0.2, 0) is 6.54 Å². The van der Waals surface area contributed by atoms with Gasteiger partial charge in [-0.1, -0.05) is 0 Å². The van der Waals surface area contributed by atoms with E-state index in [1.165, 1.54) is 11.3 Å². The van der Waals surface area contributed by atoms with E-state index in [0.717, 1.165) is 5.69 Å². The van der Waals surface area contributed by atoms with E-state index >= 15 is 0 Å². The Kier molecular flexibility index (Phi) is 4.19. The molecule has 0 aliphatic carbocycles. The molecule has 20 heavy (non-hydrogen) atoms. The highest BCUT2D eigenvalue weighted by atomic mass is 32.1. The Balaban J connectivity index is 2.19. The molecule has 2 N–H and O–H groups in total. The molecule has 0 spiro atoms. The van der Waals surface area contributed by atoms with Gasteiger partial charge in [-0.05, 0) is 31.4 Å². The van der Waals surface area contributed by atoms with Gasteiger partial charge < -0.3 is 10.6 Å². The maximum absolute atomic E-state index is 12.1. The molecule has 0 atom stereocenters. The average molecular weight is 292 g/mol. The van der Waals surface area contributed by atoms with Gasteiger partial charge in [0.15, 0.2) is 5.69 Å². The summed E-state index contributed by atoms with van der Waals surface area (Å²) in [6.07, 6.45) is 0. The zero-order chi connectivity index (χ0) is 14.7. The molecule has 2 aromatic rings. The van der Waals surface area contributed by atoms with Gasteiger partial charge in [-0.25, -0.2) is 0 Å². The van der Waals surface area contributed by atoms with Crippen LogP contribution in [0, 0.1) is 6.92 Å². The van der Waals surface area contributed by atoms with E-state index in [1.807, 2.05) is 13.8 Å². The van der Waals surface area contributed by atoms with Crippen LogP contribution in [0.2, 0.25) is 0 Å². The molecule has 6 nitrogen and oxygen atoms in total. The summed E-state index contributed by atoms with van der Waals surface area (Å²) in [6, 6.07) is 3.40. The Morgan fingerprint density at radius 3 is 2.75 bits per heavy atom. The molecule has 106 valence electrons. The molecule has 0 bridgehead atoms. The van der Waals surface area contributed by atoms with Crippen molar-refractivity contribution in [2.24, 2.45) is 0 Å². The monoisotopic (exact) mass is 292 g/mol. The number of hydrogen-bond donors (Lipinski definition) is 2. The molecule has 2 amide bonds. The number of anilines is 1. The summed E-state index contributed by atoms with van der Waals surface area (Å²) in [5.41, 5.74) is 1.73. The number of thiophene rings is 1. The van der Waals surface area contributed by atoms with Gasteiger partial charge in [0.25, 0.3) is 11.8 Å². The molecule has 0 unspecified atom stereocenters. The van der Waals surface area contributed by atoms with Crippen molar-refractivity contribution in [1.29, 1.82) is 0 Å². The third kappa shape index (κ3) is 2.72. The first kappa shape index (κ1) is 14.3. The van der Waals surface area contributed by atoms with E-state index < -0.39 is 0 Å². The first-order valence-corrected chi connectivity index (χ1v) is 7.10. The van der Waals surface area contributed by atoms with Gasteiger partial charge in [0.2, 0.25) is 0 Å². The summed E-state index contributed by atoms with van der Waals surface area (Å²) < 4.78 is 1.75. The number of hydrogen-bond acceptors (Lipinski definition) is 4. The predicted molar refractivity (Wildman–Crippen MR) is 78.3 cm³/mol. The molecule has 2 aromatic heterocycles. The average Bonchev–Trinajstić information content (AvgIpc) is 3.04. The summed E-state index contributed by atoms with van der Waals surface area (Å²) in [5.74, 6) is -0.537. The Hall–Kier alpha value is -2.15. The van der Waals surface area contributed by atoms with Crippen LogP contribution in [0.25, 0.3) is 0 Å². The number of aryl methyl sites for hydroxylation is 2. The van der Waals surface area contributed by atoms with Crippen molar-refractivity contribution < 1.29 is 9.59 Å². The van der Waals surface area contributed by atoms with Gasteiger partial charge in [-0.15, -0.1) is 11.3 Å². The zero-order valence-electron chi connectivity index (χ0n) is 11.6. The number of rotatable bonds is 4. The minimum atomic E-state index is -0.312. The van der Waals surface area contributed by atoms with Crippen molar-refractivity contribution in [3.63, 3.8) is 0 Å². The maximum Gasteiger partial charge on any atom is 0.276 e. The van der Waals surface area contributed by atoms with Crippen molar-refractivity contribution in [2.75, 3.05) is 12.4 Å². The molecular formula is C13H16N4O2S.